The number of hydrogen-bond donors (Lipinski definition) is 1. The summed E-state index contributed by atoms with van der Waals surface area (Å²) < 4.78 is 86.2. The summed E-state index contributed by atoms with van der Waals surface area (Å²) in [6.07, 6.45) is 0.399. The second kappa shape index (κ2) is 9.42. The van der Waals surface area contributed by atoms with Gasteiger partial charge in [-0.2, -0.15) is 0 Å². The van der Waals surface area contributed by atoms with Crippen LogP contribution in [0.4, 0.5) is 22.4 Å². The zero-order valence-electron chi connectivity index (χ0n) is 19.4. The molecular weight excluding hydrogens is 486 g/mol. The molecule has 190 valence electrons. The van der Waals surface area contributed by atoms with Gasteiger partial charge in [0.1, 0.15) is 17.7 Å². The number of alkyl halides is 2. The number of nitrogens with zero attached hydrogens (tertiary/aromatic N) is 2. The molecule has 0 aromatic heterocycles. The predicted octanol–water partition coefficient (Wildman–Crippen LogP) is 3.94. The molecule has 2 amide bonds. The first kappa shape index (κ1) is 25.4. The molecule has 2 heterocycles. The fourth-order valence-electron chi connectivity index (χ4n) is 4.55. The summed E-state index contributed by atoms with van der Waals surface area (Å²) in [7, 11) is -4.05. The summed E-state index contributed by atoms with van der Waals surface area (Å²) in [6.45, 7) is 2.84. The van der Waals surface area contributed by atoms with Crippen LogP contribution in [0, 0.1) is 18.6 Å². The Morgan fingerprint density at radius 2 is 1.89 bits per heavy atom. The predicted molar refractivity (Wildman–Crippen MR) is 124 cm³/mol. The van der Waals surface area contributed by atoms with E-state index < -0.39 is 58.0 Å². The highest BCUT2D eigenvalue weighted by atomic mass is 32.2. The number of urea groups is 1. The lowest BCUT2D eigenvalue weighted by atomic mass is 9.95. The first-order valence-electron chi connectivity index (χ1n) is 11.4. The molecule has 35 heavy (non-hydrogen) atoms. The third-order valence-corrected chi connectivity index (χ3v) is 7.91. The minimum Gasteiger partial charge on any atom is -0.325 e. The average molecular weight is 514 g/mol. The Morgan fingerprint density at radius 1 is 1.17 bits per heavy atom. The lowest BCUT2D eigenvalue weighted by molar-refractivity contribution is -0.00560. The van der Waals surface area contributed by atoms with E-state index in [1.807, 2.05) is 4.72 Å². The van der Waals surface area contributed by atoms with Crippen molar-refractivity contribution >= 4 is 16.1 Å². The third-order valence-electron chi connectivity index (χ3n) is 6.54. The van der Waals surface area contributed by atoms with Gasteiger partial charge in [0.05, 0.1) is 18.3 Å². The number of benzene rings is 2. The van der Waals surface area contributed by atoms with Crippen LogP contribution in [0.15, 0.2) is 36.4 Å². The monoisotopic (exact) mass is 513 g/mol. The highest BCUT2D eigenvalue weighted by Gasteiger charge is 2.57. The minimum atomic E-state index is -4.05. The zero-order chi connectivity index (χ0) is 25.5. The summed E-state index contributed by atoms with van der Waals surface area (Å²) >= 11 is 0. The number of amides is 2. The van der Waals surface area contributed by atoms with Gasteiger partial charge in [0.25, 0.3) is 5.92 Å². The van der Waals surface area contributed by atoms with Crippen molar-refractivity contribution in [2.24, 2.45) is 0 Å². The van der Waals surface area contributed by atoms with E-state index in [2.05, 4.69) is 0 Å². The zero-order valence-corrected chi connectivity index (χ0v) is 20.2. The standard InChI is InChI=1S/C24H27F4N3O3S/c1-3-35(33,34)29-22-20(31(14-24(22,27)28)23(32)30-8-5-9-30)13-16-6-4-7-19(21(16)26)17-10-15(2)11-18(25)12-17/h4,6-7,10-12,20,22,29H,3,5,8-9,13-14H2,1-2H3/t20-,22+/m0/s1. The summed E-state index contributed by atoms with van der Waals surface area (Å²) in [5.74, 6) is -5.25. The van der Waals surface area contributed by atoms with Gasteiger partial charge in [0, 0.05) is 18.7 Å². The van der Waals surface area contributed by atoms with Crippen molar-refractivity contribution in [2.45, 2.75) is 44.7 Å². The first-order valence-corrected chi connectivity index (χ1v) is 13.1. The average Bonchev–Trinajstić information content (AvgIpc) is 2.97. The van der Waals surface area contributed by atoms with Crippen molar-refractivity contribution in [1.82, 2.24) is 14.5 Å². The van der Waals surface area contributed by atoms with Crippen LogP contribution in [0.3, 0.4) is 0 Å². The SMILES string of the molecule is CCS(=O)(=O)N[C@@H]1[C@H](Cc2cccc(-c3cc(C)cc(F)c3)c2F)N(C(=O)N2CCC2)CC1(F)F. The number of sulfonamides is 1. The topological polar surface area (TPSA) is 69.7 Å². The van der Waals surface area contributed by atoms with E-state index in [9.17, 15) is 17.6 Å². The molecule has 2 fully saturated rings. The van der Waals surface area contributed by atoms with Gasteiger partial charge in [0.15, 0.2) is 0 Å². The first-order chi connectivity index (χ1) is 16.4. The largest absolute Gasteiger partial charge is 0.325 e. The van der Waals surface area contributed by atoms with E-state index in [1.165, 1.54) is 42.2 Å². The lowest BCUT2D eigenvalue weighted by Crippen LogP contribution is -2.55. The van der Waals surface area contributed by atoms with E-state index in [0.29, 0.717) is 18.7 Å². The van der Waals surface area contributed by atoms with Crippen LogP contribution in [-0.4, -0.2) is 67.6 Å². The maximum Gasteiger partial charge on any atom is 0.320 e. The van der Waals surface area contributed by atoms with Gasteiger partial charge in [-0.25, -0.2) is 35.5 Å². The second-order valence-electron chi connectivity index (χ2n) is 9.08. The van der Waals surface area contributed by atoms with E-state index in [4.69, 9.17) is 0 Å². The van der Waals surface area contributed by atoms with Crippen LogP contribution >= 0.6 is 0 Å². The molecule has 0 radical (unpaired) electrons. The number of nitrogens with one attached hydrogen (secondary N) is 1. The highest BCUT2D eigenvalue weighted by Crippen LogP contribution is 2.37. The molecule has 4 rings (SSSR count). The van der Waals surface area contributed by atoms with Gasteiger partial charge in [-0.1, -0.05) is 24.3 Å². The summed E-state index contributed by atoms with van der Waals surface area (Å²) in [4.78, 5) is 15.3. The van der Waals surface area contributed by atoms with Crippen molar-refractivity contribution in [3.63, 3.8) is 0 Å². The lowest BCUT2D eigenvalue weighted by Gasteiger charge is -2.37. The van der Waals surface area contributed by atoms with Crippen molar-refractivity contribution in [3.8, 4) is 11.1 Å². The summed E-state index contributed by atoms with van der Waals surface area (Å²) in [6, 6.07) is 4.59. The molecule has 2 aliphatic rings. The van der Waals surface area contributed by atoms with Crippen molar-refractivity contribution in [2.75, 3.05) is 25.4 Å². The van der Waals surface area contributed by atoms with Gasteiger partial charge in [-0.05, 0) is 55.5 Å². The molecule has 2 saturated heterocycles. The van der Waals surface area contributed by atoms with Crippen molar-refractivity contribution < 1.29 is 30.8 Å². The van der Waals surface area contributed by atoms with Gasteiger partial charge in [-0.15, -0.1) is 0 Å². The van der Waals surface area contributed by atoms with Gasteiger partial charge in [0.2, 0.25) is 10.0 Å². The summed E-state index contributed by atoms with van der Waals surface area (Å²) in [5, 5.41) is 0. The minimum absolute atomic E-state index is 0.0224. The molecule has 11 heteroatoms. The van der Waals surface area contributed by atoms with Crippen LogP contribution in [-0.2, 0) is 16.4 Å². The Labute approximate surface area is 202 Å². The Balaban J connectivity index is 1.73. The number of halogens is 4. The second-order valence-corrected chi connectivity index (χ2v) is 11.1. The number of hydrogen-bond acceptors (Lipinski definition) is 3. The molecule has 1 N–H and O–H groups in total. The smallest absolute Gasteiger partial charge is 0.320 e. The molecule has 0 spiro atoms. The summed E-state index contributed by atoms with van der Waals surface area (Å²) in [5.41, 5.74) is 0.978. The fraction of sp³-hybridized carbons (Fsp3) is 0.458. The molecule has 0 aliphatic carbocycles. The highest BCUT2D eigenvalue weighted by molar-refractivity contribution is 7.89. The Kier molecular flexibility index (Phi) is 6.85. The molecule has 0 saturated carbocycles. The number of likely N-dealkylation sites (tertiary alicyclic amines) is 2. The maximum atomic E-state index is 15.6. The fourth-order valence-corrected chi connectivity index (χ4v) is 5.43. The molecule has 6 nitrogen and oxygen atoms in total. The van der Waals surface area contributed by atoms with E-state index in [1.54, 1.807) is 13.0 Å². The van der Waals surface area contributed by atoms with Crippen LogP contribution in [0.25, 0.3) is 11.1 Å². The number of aryl methyl sites for hydroxylation is 1. The van der Waals surface area contributed by atoms with E-state index in [-0.39, 0.29) is 23.1 Å². The third kappa shape index (κ3) is 5.16. The molecular formula is C24H27F4N3O3S. The van der Waals surface area contributed by atoms with Gasteiger partial charge >= 0.3 is 6.03 Å². The quantitative estimate of drug-likeness (QED) is 0.595. The molecule has 2 atom stereocenters. The van der Waals surface area contributed by atoms with Crippen LogP contribution in [0.5, 0.6) is 0 Å². The molecule has 0 bridgehead atoms. The number of carbonyl (C=O) groups excluding carboxylic acids is 1. The maximum absolute atomic E-state index is 15.6. The van der Waals surface area contributed by atoms with E-state index >= 15 is 13.2 Å². The van der Waals surface area contributed by atoms with E-state index in [0.717, 1.165) is 11.3 Å². The van der Waals surface area contributed by atoms with Crippen LogP contribution in [0.1, 0.15) is 24.5 Å². The van der Waals surface area contributed by atoms with Crippen molar-refractivity contribution in [3.05, 3.63) is 59.2 Å². The van der Waals surface area contributed by atoms with Crippen LogP contribution in [0.2, 0.25) is 0 Å². The molecule has 0 unspecified atom stereocenters. The van der Waals surface area contributed by atoms with Gasteiger partial charge in [-0.3, -0.25) is 0 Å². The number of carbonyl (C=O) groups is 1. The normalized spacial score (nSPS) is 21.8. The molecule has 2 aliphatic heterocycles. The molecule has 2 aromatic rings. The van der Waals surface area contributed by atoms with Gasteiger partial charge < -0.3 is 9.80 Å². The van der Waals surface area contributed by atoms with Crippen molar-refractivity contribution in [1.29, 1.82) is 0 Å². The Hall–Kier alpha value is -2.66. The Bertz CT molecular complexity index is 1210. The Morgan fingerprint density at radius 3 is 2.49 bits per heavy atom. The van der Waals surface area contributed by atoms with Crippen LogP contribution < -0.4 is 4.72 Å². The molecule has 2 aromatic carbocycles. The number of rotatable bonds is 6.